The Morgan fingerprint density at radius 2 is 2.00 bits per heavy atom. The van der Waals surface area contributed by atoms with Gasteiger partial charge in [0.2, 0.25) is 0 Å². The highest BCUT2D eigenvalue weighted by molar-refractivity contribution is 5.94. The Morgan fingerprint density at radius 3 is 2.81 bits per heavy atom. The molecule has 0 fully saturated rings. The molecule has 27 heavy (non-hydrogen) atoms. The monoisotopic (exact) mass is 360 g/mol. The van der Waals surface area contributed by atoms with Crippen LogP contribution in [0, 0.1) is 6.92 Å². The maximum Gasteiger partial charge on any atom is 0.274 e. The van der Waals surface area contributed by atoms with Gasteiger partial charge in [0, 0.05) is 36.5 Å². The third-order valence-electron chi connectivity index (χ3n) is 4.51. The summed E-state index contributed by atoms with van der Waals surface area (Å²) in [6, 6.07) is 17.6. The summed E-state index contributed by atoms with van der Waals surface area (Å²) in [6.45, 7) is 2.49. The largest absolute Gasteiger partial charge is 0.351 e. The molecule has 0 saturated heterocycles. The van der Waals surface area contributed by atoms with Crippen molar-refractivity contribution in [2.45, 2.75) is 13.3 Å². The van der Waals surface area contributed by atoms with Gasteiger partial charge in [-0.2, -0.15) is 4.98 Å². The van der Waals surface area contributed by atoms with Crippen molar-refractivity contribution in [1.82, 2.24) is 20.0 Å². The quantitative estimate of drug-likeness (QED) is 0.587. The number of nitrogens with zero attached hydrogens (tertiary/aromatic N) is 3. The second-order valence-electron chi connectivity index (χ2n) is 6.63. The van der Waals surface area contributed by atoms with Crippen LogP contribution in [-0.4, -0.2) is 39.5 Å². The van der Waals surface area contributed by atoms with Crippen molar-refractivity contribution in [1.29, 1.82) is 0 Å². The summed E-state index contributed by atoms with van der Waals surface area (Å²) in [7, 11) is 1.78. The number of nitrogens with one attached hydrogen (secondary N) is 1. The van der Waals surface area contributed by atoms with Crippen molar-refractivity contribution < 1.29 is 9.32 Å². The van der Waals surface area contributed by atoms with Crippen LogP contribution in [0.5, 0.6) is 0 Å². The third kappa shape index (κ3) is 3.60. The summed E-state index contributed by atoms with van der Waals surface area (Å²) in [4.78, 5) is 21.9. The van der Waals surface area contributed by atoms with Gasteiger partial charge in [-0.25, -0.2) is 0 Å². The van der Waals surface area contributed by atoms with Gasteiger partial charge in [-0.3, -0.25) is 4.79 Å². The molecule has 0 bridgehead atoms. The van der Waals surface area contributed by atoms with E-state index in [1.807, 2.05) is 61.5 Å². The first kappa shape index (κ1) is 17.0. The van der Waals surface area contributed by atoms with Crippen LogP contribution in [0.4, 0.5) is 0 Å². The first-order valence-electron chi connectivity index (χ1n) is 8.83. The summed E-state index contributed by atoms with van der Waals surface area (Å²) < 4.78 is 5.38. The fraction of sp³-hybridized carbons (Fsp3) is 0.190. The van der Waals surface area contributed by atoms with E-state index in [2.05, 4.69) is 15.1 Å². The molecule has 1 amide bonds. The number of carbonyl (C=O) groups excluding carboxylic acids is 1. The number of likely N-dealkylation sites (N-methyl/N-ethyl adjacent to an activating group) is 1. The van der Waals surface area contributed by atoms with Crippen LogP contribution < -0.4 is 0 Å². The van der Waals surface area contributed by atoms with Crippen LogP contribution in [0.1, 0.15) is 21.7 Å². The Bertz CT molecular complexity index is 1060. The number of fused-ring (bicyclic) bond motifs is 1. The topological polar surface area (TPSA) is 75.0 Å². The molecular weight excluding hydrogens is 340 g/mol. The van der Waals surface area contributed by atoms with Crippen molar-refractivity contribution in [2.24, 2.45) is 0 Å². The maximum absolute atomic E-state index is 12.5. The first-order valence-corrected chi connectivity index (χ1v) is 8.83. The molecule has 6 heteroatoms. The molecule has 0 spiro atoms. The molecule has 0 atom stereocenters. The van der Waals surface area contributed by atoms with Gasteiger partial charge in [0.25, 0.3) is 11.8 Å². The molecule has 0 saturated carbocycles. The minimum Gasteiger partial charge on any atom is -0.351 e. The fourth-order valence-corrected chi connectivity index (χ4v) is 3.02. The van der Waals surface area contributed by atoms with E-state index in [0.717, 1.165) is 22.2 Å². The van der Waals surface area contributed by atoms with E-state index >= 15 is 0 Å². The summed E-state index contributed by atoms with van der Waals surface area (Å²) in [5, 5.41) is 5.13. The molecule has 1 N–H and O–H groups in total. The van der Waals surface area contributed by atoms with Crippen LogP contribution >= 0.6 is 0 Å². The van der Waals surface area contributed by atoms with Crippen molar-refractivity contribution in [2.75, 3.05) is 13.6 Å². The number of para-hydroxylation sites is 1. The molecule has 2 aromatic heterocycles. The minimum absolute atomic E-state index is 0.0157. The summed E-state index contributed by atoms with van der Waals surface area (Å²) in [5.41, 5.74) is 3.56. The van der Waals surface area contributed by atoms with E-state index in [1.54, 1.807) is 11.9 Å². The number of H-pyrrole nitrogens is 1. The van der Waals surface area contributed by atoms with Crippen molar-refractivity contribution >= 4 is 16.8 Å². The highest BCUT2D eigenvalue weighted by Crippen LogP contribution is 2.22. The molecule has 0 aliphatic heterocycles. The van der Waals surface area contributed by atoms with Gasteiger partial charge in [-0.05, 0) is 31.2 Å². The standard InChI is InChI=1S/C21H20N4O2/c1-14-6-5-8-16(12-14)21(26)25(2)11-10-19-23-20(27-24-19)18-13-15-7-3-4-9-17(15)22-18/h3-9,12-13,22H,10-11H2,1-2H3. The second-order valence-corrected chi connectivity index (χ2v) is 6.63. The molecule has 4 aromatic rings. The Hall–Kier alpha value is -3.41. The lowest BCUT2D eigenvalue weighted by Crippen LogP contribution is -2.29. The van der Waals surface area contributed by atoms with E-state index in [9.17, 15) is 4.79 Å². The van der Waals surface area contributed by atoms with E-state index in [0.29, 0.717) is 30.2 Å². The van der Waals surface area contributed by atoms with Gasteiger partial charge in [0.1, 0.15) is 5.69 Å². The Kier molecular flexibility index (Phi) is 4.46. The van der Waals surface area contributed by atoms with E-state index in [-0.39, 0.29) is 5.91 Å². The Morgan fingerprint density at radius 1 is 1.15 bits per heavy atom. The molecular formula is C21H20N4O2. The van der Waals surface area contributed by atoms with Crippen LogP contribution in [0.3, 0.4) is 0 Å². The highest BCUT2D eigenvalue weighted by atomic mass is 16.5. The lowest BCUT2D eigenvalue weighted by atomic mass is 10.1. The van der Waals surface area contributed by atoms with Crippen LogP contribution in [-0.2, 0) is 6.42 Å². The predicted octanol–water partition coefficient (Wildman–Crippen LogP) is 3.84. The summed E-state index contributed by atoms with van der Waals surface area (Å²) in [5.74, 6) is 1.01. The van der Waals surface area contributed by atoms with E-state index < -0.39 is 0 Å². The highest BCUT2D eigenvalue weighted by Gasteiger charge is 2.15. The first-order chi connectivity index (χ1) is 13.1. The molecule has 0 aliphatic rings. The number of amides is 1. The zero-order valence-corrected chi connectivity index (χ0v) is 15.3. The SMILES string of the molecule is Cc1cccc(C(=O)N(C)CCc2noc(-c3cc4ccccc4[nH]3)n2)c1. The predicted molar refractivity (Wildman–Crippen MR) is 103 cm³/mol. The lowest BCUT2D eigenvalue weighted by molar-refractivity contribution is 0.0795. The van der Waals surface area contributed by atoms with Crippen molar-refractivity contribution in [3.8, 4) is 11.6 Å². The number of hydrogen-bond donors (Lipinski definition) is 1. The molecule has 2 aromatic carbocycles. The average molecular weight is 360 g/mol. The number of hydrogen-bond acceptors (Lipinski definition) is 4. The van der Waals surface area contributed by atoms with Gasteiger partial charge in [-0.15, -0.1) is 0 Å². The maximum atomic E-state index is 12.5. The lowest BCUT2D eigenvalue weighted by Gasteiger charge is -2.16. The van der Waals surface area contributed by atoms with Gasteiger partial charge in [0.15, 0.2) is 5.82 Å². The Labute approximate surface area is 156 Å². The van der Waals surface area contributed by atoms with E-state index in [1.165, 1.54) is 0 Å². The molecule has 6 nitrogen and oxygen atoms in total. The summed E-state index contributed by atoms with van der Waals surface area (Å²) >= 11 is 0. The van der Waals surface area contributed by atoms with E-state index in [4.69, 9.17) is 4.52 Å². The van der Waals surface area contributed by atoms with Crippen molar-refractivity contribution in [3.63, 3.8) is 0 Å². The normalized spacial score (nSPS) is 11.0. The molecule has 2 heterocycles. The van der Waals surface area contributed by atoms with Gasteiger partial charge < -0.3 is 14.4 Å². The smallest absolute Gasteiger partial charge is 0.274 e. The molecule has 0 radical (unpaired) electrons. The van der Waals surface area contributed by atoms with Gasteiger partial charge >= 0.3 is 0 Å². The Balaban J connectivity index is 1.42. The molecule has 4 rings (SSSR count). The van der Waals surface area contributed by atoms with Crippen LogP contribution in [0.2, 0.25) is 0 Å². The number of aryl methyl sites for hydroxylation is 1. The van der Waals surface area contributed by atoms with Crippen molar-refractivity contribution in [3.05, 3.63) is 71.5 Å². The second kappa shape index (κ2) is 7.07. The number of aromatic nitrogens is 3. The zero-order valence-electron chi connectivity index (χ0n) is 15.3. The number of carbonyl (C=O) groups is 1. The minimum atomic E-state index is -0.0157. The number of aromatic amines is 1. The summed E-state index contributed by atoms with van der Waals surface area (Å²) in [6.07, 6.45) is 0.526. The third-order valence-corrected chi connectivity index (χ3v) is 4.51. The van der Waals surface area contributed by atoms with Gasteiger partial charge in [-0.1, -0.05) is 41.1 Å². The van der Waals surface area contributed by atoms with Gasteiger partial charge in [0.05, 0.1) is 0 Å². The molecule has 0 aliphatic carbocycles. The fourth-order valence-electron chi connectivity index (χ4n) is 3.02. The van der Waals surface area contributed by atoms with Crippen LogP contribution in [0.15, 0.2) is 59.1 Å². The number of benzene rings is 2. The average Bonchev–Trinajstić information content (AvgIpc) is 3.32. The van der Waals surface area contributed by atoms with Crippen LogP contribution in [0.25, 0.3) is 22.5 Å². The molecule has 0 unspecified atom stereocenters. The number of rotatable bonds is 5. The molecule has 136 valence electrons. The zero-order chi connectivity index (χ0) is 18.8.